The molecule has 0 aromatic rings. The van der Waals surface area contributed by atoms with Gasteiger partial charge in [0.05, 0.1) is 0 Å². The summed E-state index contributed by atoms with van der Waals surface area (Å²) in [4.78, 5) is 0. The van der Waals surface area contributed by atoms with Gasteiger partial charge >= 0.3 is 18.2 Å². The van der Waals surface area contributed by atoms with E-state index in [1.165, 1.54) is 16.5 Å². The van der Waals surface area contributed by atoms with Gasteiger partial charge in [-0.25, -0.2) is 0 Å². The Balaban J connectivity index is 3.03. The number of halogens is 1. The van der Waals surface area contributed by atoms with Crippen LogP contribution in [-0.2, 0) is 0 Å². The predicted molar refractivity (Wildman–Crippen MR) is 43.5 cm³/mol. The van der Waals surface area contributed by atoms with Crippen LogP contribution in [0.1, 0.15) is 20.3 Å². The third kappa shape index (κ3) is 6.99. The van der Waals surface area contributed by atoms with Gasteiger partial charge in [-0.2, -0.15) is 0 Å². The highest BCUT2D eigenvalue weighted by atomic mass is 79.9. The topological polar surface area (TPSA) is 0 Å². The molecule has 0 saturated heterocycles. The van der Waals surface area contributed by atoms with Crippen molar-refractivity contribution in [2.75, 3.05) is 0 Å². The van der Waals surface area contributed by atoms with Crippen LogP contribution in [0, 0.1) is 0 Å². The Morgan fingerprint density at radius 3 is 2.62 bits per heavy atom. The van der Waals surface area contributed by atoms with Crippen molar-refractivity contribution in [3.63, 3.8) is 0 Å². The van der Waals surface area contributed by atoms with E-state index in [1.807, 2.05) is 0 Å². The Morgan fingerprint density at radius 1 is 1.62 bits per heavy atom. The summed E-state index contributed by atoms with van der Waals surface area (Å²) in [5.41, 5.74) is 1.44. The van der Waals surface area contributed by atoms with Gasteiger partial charge in [0.2, 0.25) is 0 Å². The summed E-state index contributed by atoms with van der Waals surface area (Å²) in [6.45, 7) is 4.30. The molecule has 0 aromatic carbocycles. The summed E-state index contributed by atoms with van der Waals surface area (Å²) in [7, 11) is 0. The molecule has 0 heterocycles. The van der Waals surface area contributed by atoms with Crippen molar-refractivity contribution in [2.24, 2.45) is 0 Å². The smallest absolute Gasteiger partial charge is 0.307 e. The summed E-state index contributed by atoms with van der Waals surface area (Å²) in [5.74, 6) is 0. The second-order valence-corrected chi connectivity index (χ2v) is 5.58. The lowest BCUT2D eigenvalue weighted by Gasteiger charge is -1.87. The lowest BCUT2D eigenvalue weighted by molar-refractivity contribution is 1.17. The largest absolute Gasteiger partial charge is 0.468 e. The van der Waals surface area contributed by atoms with Crippen LogP contribution in [0.5, 0.6) is 0 Å². The SMILES string of the molecule is CC(C)=CC[CH2][Mg][Br]. The first-order valence-electron chi connectivity index (χ1n) is 2.96. The van der Waals surface area contributed by atoms with Gasteiger partial charge in [0.25, 0.3) is 0 Å². The summed E-state index contributed by atoms with van der Waals surface area (Å²) in [6.07, 6.45) is 3.58. The molecule has 0 aromatic heterocycles. The van der Waals surface area contributed by atoms with E-state index in [0.717, 1.165) is 0 Å². The summed E-state index contributed by atoms with van der Waals surface area (Å²) in [5, 5.41) is 0. The first-order valence-corrected chi connectivity index (χ1v) is 7.86. The van der Waals surface area contributed by atoms with E-state index in [0.29, 0.717) is 0 Å². The molecule has 0 radical (unpaired) electrons. The number of allylic oxidation sites excluding steroid dienone is 2. The minimum Gasteiger partial charge on any atom is -0.307 e. The Morgan fingerprint density at radius 2 is 2.25 bits per heavy atom. The van der Waals surface area contributed by atoms with Crippen molar-refractivity contribution in [2.45, 2.75) is 24.8 Å². The predicted octanol–water partition coefficient (Wildman–Crippen LogP) is 2.78. The molecule has 44 valence electrons. The second-order valence-electron chi connectivity index (χ2n) is 2.11. The number of rotatable bonds is 3. The molecule has 0 aliphatic rings. The molecular formula is C6H11BrMg. The molecule has 0 unspecified atom stereocenters. The highest BCUT2D eigenvalue weighted by Gasteiger charge is 1.85. The van der Waals surface area contributed by atoms with Crippen molar-refractivity contribution >= 4 is 31.1 Å². The molecule has 0 rings (SSSR count). The molecule has 0 nitrogen and oxygen atoms in total. The molecule has 0 amide bonds. The van der Waals surface area contributed by atoms with E-state index < -0.39 is 0 Å². The van der Waals surface area contributed by atoms with Gasteiger partial charge in [-0.15, -0.1) is 4.55 Å². The summed E-state index contributed by atoms with van der Waals surface area (Å²) < 4.78 is 1.39. The van der Waals surface area contributed by atoms with Crippen LogP contribution >= 0.6 is 12.9 Å². The van der Waals surface area contributed by atoms with Crippen molar-refractivity contribution in [3.8, 4) is 0 Å². The van der Waals surface area contributed by atoms with Crippen LogP contribution in [-0.4, -0.2) is 18.2 Å². The van der Waals surface area contributed by atoms with Gasteiger partial charge in [-0.3, -0.25) is 0 Å². The zero-order valence-electron chi connectivity index (χ0n) is 5.58. The first kappa shape index (κ1) is 8.99. The molecule has 0 N–H and O–H groups in total. The van der Waals surface area contributed by atoms with Gasteiger partial charge < -0.3 is 12.9 Å². The molecular weight excluding hydrogens is 176 g/mol. The lowest BCUT2D eigenvalue weighted by Crippen LogP contribution is -1.73. The number of hydrogen-bond acceptors (Lipinski definition) is 0. The average Bonchev–Trinajstić information content (AvgIpc) is 1.66. The van der Waals surface area contributed by atoms with E-state index in [9.17, 15) is 0 Å². The highest BCUT2D eigenvalue weighted by molar-refractivity contribution is 9.23. The van der Waals surface area contributed by atoms with Gasteiger partial charge in [0, 0.05) is 0 Å². The fraction of sp³-hybridized carbons (Fsp3) is 0.667. The molecule has 0 spiro atoms. The van der Waals surface area contributed by atoms with Gasteiger partial charge in [0.1, 0.15) is 0 Å². The van der Waals surface area contributed by atoms with Crippen molar-refractivity contribution in [1.82, 2.24) is 0 Å². The van der Waals surface area contributed by atoms with Crippen molar-refractivity contribution < 1.29 is 0 Å². The van der Waals surface area contributed by atoms with Gasteiger partial charge in [-0.05, 0) is 13.8 Å². The zero-order chi connectivity index (χ0) is 6.41. The van der Waals surface area contributed by atoms with Crippen LogP contribution in [0.3, 0.4) is 0 Å². The van der Waals surface area contributed by atoms with E-state index in [1.54, 1.807) is 0 Å². The van der Waals surface area contributed by atoms with Gasteiger partial charge in [0.15, 0.2) is 0 Å². The average molecular weight is 187 g/mol. The van der Waals surface area contributed by atoms with Crippen LogP contribution in [0.2, 0.25) is 4.55 Å². The standard InChI is InChI=1S/C6H11.BrH.Mg/c1-4-5-6(2)3;;/h5H,1,4H2,2-3H3;1H;/q;;+1/p-1. The fourth-order valence-electron chi connectivity index (χ4n) is 0.468. The number of hydrogen-bond donors (Lipinski definition) is 0. The third-order valence-corrected chi connectivity index (χ3v) is 3.25. The van der Waals surface area contributed by atoms with E-state index in [-0.39, 0.29) is 18.2 Å². The summed E-state index contributed by atoms with van der Waals surface area (Å²) >= 11 is 3.65. The Labute approximate surface area is 67.3 Å². The monoisotopic (exact) mass is 186 g/mol. The lowest BCUT2D eigenvalue weighted by atomic mass is 10.3. The van der Waals surface area contributed by atoms with E-state index in [4.69, 9.17) is 0 Å². The molecule has 0 saturated carbocycles. The quantitative estimate of drug-likeness (QED) is 0.362. The van der Waals surface area contributed by atoms with E-state index in [2.05, 4.69) is 32.8 Å². The normalized spacial score (nSPS) is 7.88. The second kappa shape index (κ2) is 6.11. The molecule has 0 aliphatic heterocycles. The fourth-order valence-corrected chi connectivity index (χ4v) is 1.80. The third-order valence-electron chi connectivity index (χ3n) is 0.890. The maximum Gasteiger partial charge on any atom is 0.468 e. The van der Waals surface area contributed by atoms with E-state index >= 15 is 0 Å². The minimum atomic E-state index is 0.139. The highest BCUT2D eigenvalue weighted by Crippen LogP contribution is 1.97. The maximum absolute atomic E-state index is 3.51. The van der Waals surface area contributed by atoms with Gasteiger partial charge in [-0.1, -0.05) is 18.1 Å². The van der Waals surface area contributed by atoms with Crippen LogP contribution in [0.25, 0.3) is 0 Å². The van der Waals surface area contributed by atoms with Crippen LogP contribution in [0.4, 0.5) is 0 Å². The Kier molecular flexibility index (Phi) is 6.86. The summed E-state index contributed by atoms with van der Waals surface area (Å²) in [6, 6.07) is 0. The maximum atomic E-state index is 3.51. The molecule has 2 heteroatoms. The zero-order valence-corrected chi connectivity index (χ0v) is 8.58. The Hall–Kier alpha value is 0.986. The minimum absolute atomic E-state index is 0.139. The molecule has 8 heavy (non-hydrogen) atoms. The van der Waals surface area contributed by atoms with Crippen molar-refractivity contribution in [1.29, 1.82) is 0 Å². The van der Waals surface area contributed by atoms with Crippen LogP contribution in [0.15, 0.2) is 11.6 Å². The molecule has 0 atom stereocenters. The Bertz CT molecular complexity index is 74.6. The molecule has 0 fully saturated rings. The molecule has 0 bridgehead atoms. The molecule has 0 aliphatic carbocycles. The first-order chi connectivity index (χ1) is 3.77. The van der Waals surface area contributed by atoms with Crippen molar-refractivity contribution in [3.05, 3.63) is 11.6 Å². The van der Waals surface area contributed by atoms with Crippen LogP contribution < -0.4 is 0 Å².